The third-order valence-corrected chi connectivity index (χ3v) is 2.33. The van der Waals surface area contributed by atoms with Crippen molar-refractivity contribution < 1.29 is 14.8 Å². The summed E-state index contributed by atoms with van der Waals surface area (Å²) in [6, 6.07) is 8.22. The predicted octanol–water partition coefficient (Wildman–Crippen LogP) is 1.31. The van der Waals surface area contributed by atoms with Gasteiger partial charge in [-0.05, 0) is 12.5 Å². The number of benzene rings is 1. The normalized spacial score (nSPS) is 14.2. The summed E-state index contributed by atoms with van der Waals surface area (Å²) in [6.45, 7) is 0.736. The van der Waals surface area contributed by atoms with E-state index >= 15 is 0 Å². The Hall–Kier alpha value is -1.91. The van der Waals surface area contributed by atoms with Crippen LogP contribution in [0.5, 0.6) is 0 Å². The summed E-state index contributed by atoms with van der Waals surface area (Å²) in [5.41, 5.74) is -1.03. The summed E-state index contributed by atoms with van der Waals surface area (Å²) in [7, 11) is 0. The van der Waals surface area contributed by atoms with E-state index in [2.05, 4.69) is 0 Å². The van der Waals surface area contributed by atoms with Crippen molar-refractivity contribution in [1.82, 2.24) is 0 Å². The fourth-order valence-electron chi connectivity index (χ4n) is 1.35. The molecule has 15 heavy (non-hydrogen) atoms. The van der Waals surface area contributed by atoms with Crippen LogP contribution in [0.3, 0.4) is 0 Å². The molecule has 0 saturated carbocycles. The third kappa shape index (κ3) is 2.31. The molecule has 80 valence electrons. The van der Waals surface area contributed by atoms with Gasteiger partial charge in [0.2, 0.25) is 6.54 Å². The summed E-state index contributed by atoms with van der Waals surface area (Å²) in [5.74, 6) is -1.19. The number of nitro groups is 1. The zero-order chi connectivity index (χ0) is 11.5. The lowest BCUT2D eigenvalue weighted by atomic mass is 9.83. The Balaban J connectivity index is 3.13. The number of nitrogens with zero attached hydrogens (tertiary/aromatic N) is 1. The van der Waals surface area contributed by atoms with Crippen molar-refractivity contribution in [2.24, 2.45) is 0 Å². The van der Waals surface area contributed by atoms with Gasteiger partial charge in [0.15, 0.2) is 5.41 Å². The SMILES string of the molecule is CC(C[N+](=O)[O-])(C(=O)O)c1ccccc1. The van der Waals surface area contributed by atoms with Crippen molar-refractivity contribution in [1.29, 1.82) is 0 Å². The predicted molar refractivity (Wildman–Crippen MR) is 53.3 cm³/mol. The van der Waals surface area contributed by atoms with Crippen molar-refractivity contribution >= 4 is 5.97 Å². The van der Waals surface area contributed by atoms with Gasteiger partial charge in [-0.1, -0.05) is 30.3 Å². The second-order valence-corrected chi connectivity index (χ2v) is 3.49. The highest BCUT2D eigenvalue weighted by atomic mass is 16.6. The van der Waals surface area contributed by atoms with Crippen LogP contribution in [0, 0.1) is 10.1 Å². The molecule has 0 radical (unpaired) electrons. The first-order valence-electron chi connectivity index (χ1n) is 4.37. The Morgan fingerprint density at radius 1 is 1.47 bits per heavy atom. The highest BCUT2D eigenvalue weighted by Gasteiger charge is 2.40. The molecule has 0 bridgehead atoms. The first kappa shape index (κ1) is 11.2. The molecule has 0 saturated heterocycles. The van der Waals surface area contributed by atoms with Gasteiger partial charge in [-0.2, -0.15) is 0 Å². The largest absolute Gasteiger partial charge is 0.480 e. The summed E-state index contributed by atoms with van der Waals surface area (Å²) in [4.78, 5) is 20.9. The van der Waals surface area contributed by atoms with E-state index < -0.39 is 22.9 Å². The number of hydrogen-bond donors (Lipinski definition) is 1. The van der Waals surface area contributed by atoms with Gasteiger partial charge in [-0.3, -0.25) is 14.9 Å². The van der Waals surface area contributed by atoms with E-state index in [-0.39, 0.29) is 0 Å². The number of carboxylic acids is 1. The van der Waals surface area contributed by atoms with E-state index in [1.54, 1.807) is 30.3 Å². The molecule has 1 atom stereocenters. The number of hydrogen-bond acceptors (Lipinski definition) is 3. The lowest BCUT2D eigenvalue weighted by molar-refractivity contribution is -0.488. The van der Waals surface area contributed by atoms with Gasteiger partial charge in [-0.15, -0.1) is 0 Å². The molecular formula is C10H11NO4. The highest BCUT2D eigenvalue weighted by Crippen LogP contribution is 2.24. The second kappa shape index (κ2) is 4.08. The van der Waals surface area contributed by atoms with Crippen LogP contribution in [0.25, 0.3) is 0 Å². The molecule has 0 spiro atoms. The lowest BCUT2D eigenvalue weighted by Crippen LogP contribution is -2.39. The highest BCUT2D eigenvalue weighted by molar-refractivity contribution is 5.80. The maximum absolute atomic E-state index is 11.1. The van der Waals surface area contributed by atoms with E-state index in [9.17, 15) is 14.9 Å². The summed E-state index contributed by atoms with van der Waals surface area (Å²) in [6.07, 6.45) is 0. The van der Waals surface area contributed by atoms with Gasteiger partial charge in [0.05, 0.1) is 0 Å². The summed E-state index contributed by atoms with van der Waals surface area (Å²) < 4.78 is 0. The molecule has 5 nitrogen and oxygen atoms in total. The number of rotatable bonds is 4. The Morgan fingerprint density at radius 2 is 2.00 bits per heavy atom. The minimum Gasteiger partial charge on any atom is -0.480 e. The minimum absolute atomic E-state index is 0.439. The maximum atomic E-state index is 11.1. The third-order valence-electron chi connectivity index (χ3n) is 2.33. The van der Waals surface area contributed by atoms with Gasteiger partial charge in [0.1, 0.15) is 0 Å². The van der Waals surface area contributed by atoms with Crippen LogP contribution < -0.4 is 0 Å². The van der Waals surface area contributed by atoms with E-state index in [1.807, 2.05) is 0 Å². The Kier molecular flexibility index (Phi) is 3.04. The molecular weight excluding hydrogens is 198 g/mol. The fraction of sp³-hybridized carbons (Fsp3) is 0.300. The average Bonchev–Trinajstić information content (AvgIpc) is 2.17. The topological polar surface area (TPSA) is 80.4 Å². The molecule has 0 aliphatic carbocycles. The molecule has 0 aliphatic rings. The maximum Gasteiger partial charge on any atom is 0.320 e. The standard InChI is InChI=1S/C10H11NO4/c1-10(9(12)13,7-11(14)15)8-5-3-2-4-6-8/h2-6H,7H2,1H3,(H,12,13). The van der Waals surface area contributed by atoms with E-state index in [0.29, 0.717) is 5.56 Å². The van der Waals surface area contributed by atoms with Crippen LogP contribution in [0.2, 0.25) is 0 Å². The lowest BCUT2D eigenvalue weighted by Gasteiger charge is -2.20. The zero-order valence-corrected chi connectivity index (χ0v) is 8.21. The molecule has 0 aromatic heterocycles. The second-order valence-electron chi connectivity index (χ2n) is 3.49. The first-order chi connectivity index (χ1) is 6.97. The van der Waals surface area contributed by atoms with E-state index in [1.165, 1.54) is 6.92 Å². The van der Waals surface area contributed by atoms with Crippen molar-refractivity contribution in [2.75, 3.05) is 6.54 Å². The molecule has 1 rings (SSSR count). The minimum atomic E-state index is -1.47. The molecule has 1 aromatic carbocycles. The van der Waals surface area contributed by atoms with E-state index in [4.69, 9.17) is 5.11 Å². The van der Waals surface area contributed by atoms with Crippen LogP contribution in [-0.2, 0) is 10.2 Å². The quantitative estimate of drug-likeness (QED) is 0.598. The van der Waals surface area contributed by atoms with Gasteiger partial charge in [-0.25, -0.2) is 0 Å². The van der Waals surface area contributed by atoms with Crippen molar-refractivity contribution in [3.05, 3.63) is 46.0 Å². The van der Waals surface area contributed by atoms with Gasteiger partial charge < -0.3 is 5.11 Å². The number of carbonyl (C=O) groups is 1. The zero-order valence-electron chi connectivity index (χ0n) is 8.21. The molecule has 1 N–H and O–H groups in total. The average molecular weight is 209 g/mol. The van der Waals surface area contributed by atoms with Gasteiger partial charge >= 0.3 is 5.97 Å². The van der Waals surface area contributed by atoms with Crippen LogP contribution in [0.15, 0.2) is 30.3 Å². The molecule has 0 heterocycles. The van der Waals surface area contributed by atoms with Crippen molar-refractivity contribution in [3.8, 4) is 0 Å². The first-order valence-corrected chi connectivity index (χ1v) is 4.37. The Labute approximate surface area is 86.5 Å². The monoisotopic (exact) mass is 209 g/mol. The number of aliphatic carboxylic acids is 1. The van der Waals surface area contributed by atoms with Crippen molar-refractivity contribution in [3.63, 3.8) is 0 Å². The smallest absolute Gasteiger partial charge is 0.320 e. The molecule has 0 fully saturated rings. The Bertz CT molecular complexity index is 376. The van der Waals surface area contributed by atoms with Crippen LogP contribution in [-0.4, -0.2) is 22.5 Å². The van der Waals surface area contributed by atoms with Crippen molar-refractivity contribution in [2.45, 2.75) is 12.3 Å². The summed E-state index contributed by atoms with van der Waals surface area (Å²) in [5, 5.41) is 19.5. The fourth-order valence-corrected chi connectivity index (χ4v) is 1.35. The Morgan fingerprint density at radius 3 is 2.40 bits per heavy atom. The molecule has 1 unspecified atom stereocenters. The molecule has 1 aromatic rings. The van der Waals surface area contributed by atoms with Crippen LogP contribution >= 0.6 is 0 Å². The summed E-state index contributed by atoms with van der Waals surface area (Å²) >= 11 is 0. The number of carboxylic acid groups (broad SMARTS) is 1. The van der Waals surface area contributed by atoms with E-state index in [0.717, 1.165) is 0 Å². The van der Waals surface area contributed by atoms with Crippen LogP contribution in [0.1, 0.15) is 12.5 Å². The van der Waals surface area contributed by atoms with Gasteiger partial charge in [0, 0.05) is 4.92 Å². The van der Waals surface area contributed by atoms with Crippen LogP contribution in [0.4, 0.5) is 0 Å². The molecule has 5 heteroatoms. The van der Waals surface area contributed by atoms with Gasteiger partial charge in [0.25, 0.3) is 0 Å². The molecule has 0 amide bonds. The molecule has 0 aliphatic heterocycles.